The van der Waals surface area contributed by atoms with E-state index in [9.17, 15) is 13.6 Å². The summed E-state index contributed by atoms with van der Waals surface area (Å²) in [5, 5.41) is 2.65. The van der Waals surface area contributed by atoms with Crippen LogP contribution in [0.5, 0.6) is 0 Å². The number of benzene rings is 1. The zero-order valence-electron chi connectivity index (χ0n) is 10.7. The van der Waals surface area contributed by atoms with Gasteiger partial charge in [-0.1, -0.05) is 6.42 Å². The van der Waals surface area contributed by atoms with Crippen molar-refractivity contribution < 1.29 is 13.6 Å². The summed E-state index contributed by atoms with van der Waals surface area (Å²) in [5.74, 6) is 0.0585. The summed E-state index contributed by atoms with van der Waals surface area (Å²) in [6.45, 7) is 0. The van der Waals surface area contributed by atoms with Gasteiger partial charge in [-0.05, 0) is 49.1 Å². The second kappa shape index (κ2) is 4.91. The van der Waals surface area contributed by atoms with Crippen molar-refractivity contribution in [1.29, 1.82) is 0 Å². The number of carbonyl (C=O) groups is 1. The largest absolute Gasteiger partial charge is 0.326 e. The molecule has 0 aliphatic heterocycles. The molecular formula is C15H17F2NO. The molecule has 2 aliphatic rings. The number of nitrogens with one attached hydrogen (secondary N) is 1. The molecule has 3 atom stereocenters. The van der Waals surface area contributed by atoms with Crippen LogP contribution in [-0.2, 0) is 4.79 Å². The molecule has 19 heavy (non-hydrogen) atoms. The Labute approximate surface area is 111 Å². The molecule has 2 saturated carbocycles. The molecule has 2 bridgehead atoms. The molecule has 0 heterocycles. The van der Waals surface area contributed by atoms with E-state index in [1.165, 1.54) is 25.3 Å². The van der Waals surface area contributed by atoms with E-state index in [0.29, 0.717) is 23.9 Å². The Morgan fingerprint density at radius 1 is 1.21 bits per heavy atom. The molecule has 1 aromatic carbocycles. The Balaban J connectivity index is 1.57. The average Bonchev–Trinajstić information content (AvgIpc) is 2.96. The Morgan fingerprint density at radius 2 is 2.05 bits per heavy atom. The normalized spacial score (nSPS) is 28.6. The number of hydrogen-bond donors (Lipinski definition) is 1. The van der Waals surface area contributed by atoms with Crippen LogP contribution in [0.4, 0.5) is 14.5 Å². The zero-order chi connectivity index (χ0) is 13.4. The first-order valence-electron chi connectivity index (χ1n) is 6.86. The maximum absolute atomic E-state index is 13.0. The number of anilines is 1. The van der Waals surface area contributed by atoms with Gasteiger partial charge in [0.05, 0.1) is 0 Å². The van der Waals surface area contributed by atoms with Crippen LogP contribution in [0.25, 0.3) is 0 Å². The van der Waals surface area contributed by atoms with Crippen molar-refractivity contribution in [3.05, 3.63) is 29.8 Å². The molecule has 2 fully saturated rings. The van der Waals surface area contributed by atoms with Gasteiger partial charge in [-0.3, -0.25) is 4.79 Å². The van der Waals surface area contributed by atoms with Crippen molar-refractivity contribution >= 4 is 11.6 Å². The molecule has 0 saturated heterocycles. The minimum absolute atomic E-state index is 0.0939. The Morgan fingerprint density at radius 3 is 2.68 bits per heavy atom. The molecule has 1 aromatic rings. The lowest BCUT2D eigenvalue weighted by molar-refractivity contribution is -0.117. The van der Waals surface area contributed by atoms with Gasteiger partial charge >= 0.3 is 0 Å². The highest BCUT2D eigenvalue weighted by Gasteiger charge is 2.40. The van der Waals surface area contributed by atoms with E-state index in [1.54, 1.807) is 0 Å². The quantitative estimate of drug-likeness (QED) is 0.886. The fraction of sp³-hybridized carbons (Fsp3) is 0.533. The Kier molecular flexibility index (Phi) is 3.25. The van der Waals surface area contributed by atoms with Crippen LogP contribution in [0, 0.1) is 29.4 Å². The molecule has 2 nitrogen and oxygen atoms in total. The predicted molar refractivity (Wildman–Crippen MR) is 68.5 cm³/mol. The number of amides is 1. The zero-order valence-corrected chi connectivity index (χ0v) is 10.7. The highest BCUT2D eigenvalue weighted by molar-refractivity contribution is 5.90. The molecule has 1 amide bonds. The molecule has 102 valence electrons. The van der Waals surface area contributed by atoms with Crippen LogP contribution < -0.4 is 5.32 Å². The monoisotopic (exact) mass is 265 g/mol. The molecule has 0 radical (unpaired) electrons. The van der Waals surface area contributed by atoms with Crippen molar-refractivity contribution in [1.82, 2.24) is 0 Å². The smallest absolute Gasteiger partial charge is 0.224 e. The van der Waals surface area contributed by atoms with Crippen molar-refractivity contribution in [2.75, 3.05) is 5.32 Å². The van der Waals surface area contributed by atoms with E-state index < -0.39 is 11.6 Å². The van der Waals surface area contributed by atoms with Crippen LogP contribution in [0.2, 0.25) is 0 Å². The van der Waals surface area contributed by atoms with Gasteiger partial charge in [-0.25, -0.2) is 8.78 Å². The lowest BCUT2D eigenvalue weighted by Gasteiger charge is -2.20. The number of fused-ring (bicyclic) bond motifs is 2. The second-order valence-electron chi connectivity index (χ2n) is 5.82. The van der Waals surface area contributed by atoms with Crippen LogP contribution in [-0.4, -0.2) is 5.91 Å². The maximum Gasteiger partial charge on any atom is 0.224 e. The van der Waals surface area contributed by atoms with Gasteiger partial charge in [0.2, 0.25) is 5.91 Å². The second-order valence-corrected chi connectivity index (χ2v) is 5.82. The molecule has 3 rings (SSSR count). The standard InChI is InChI=1S/C15H17F2NO/c16-13-4-3-12(8-14(13)17)18-15(19)7-11-6-9-1-2-10(11)5-9/h3-4,8-11H,1-2,5-7H2,(H,18,19)/t9-,10+,11-/m0/s1. The summed E-state index contributed by atoms with van der Waals surface area (Å²) in [6, 6.07) is 3.44. The highest BCUT2D eigenvalue weighted by atomic mass is 19.2. The number of hydrogen-bond acceptors (Lipinski definition) is 1. The van der Waals surface area contributed by atoms with Crippen LogP contribution in [0.1, 0.15) is 32.1 Å². The fourth-order valence-electron chi connectivity index (χ4n) is 3.65. The molecule has 4 heteroatoms. The van der Waals surface area contributed by atoms with Crippen LogP contribution >= 0.6 is 0 Å². The Hall–Kier alpha value is -1.45. The summed E-state index contributed by atoms with van der Waals surface area (Å²) in [4.78, 5) is 11.9. The van der Waals surface area contributed by atoms with Crippen molar-refractivity contribution in [2.24, 2.45) is 17.8 Å². The molecule has 0 aromatic heterocycles. The first kappa shape index (κ1) is 12.6. The third kappa shape index (κ3) is 2.62. The van der Waals surface area contributed by atoms with Gasteiger partial charge in [-0.15, -0.1) is 0 Å². The van der Waals surface area contributed by atoms with Gasteiger partial charge in [-0.2, -0.15) is 0 Å². The van der Waals surface area contributed by atoms with E-state index >= 15 is 0 Å². The van der Waals surface area contributed by atoms with E-state index in [-0.39, 0.29) is 5.91 Å². The third-order valence-corrected chi connectivity index (χ3v) is 4.54. The average molecular weight is 265 g/mol. The lowest BCUT2D eigenvalue weighted by atomic mass is 9.86. The number of carbonyl (C=O) groups excluding carboxylic acids is 1. The maximum atomic E-state index is 13.0. The van der Waals surface area contributed by atoms with E-state index in [4.69, 9.17) is 0 Å². The minimum Gasteiger partial charge on any atom is -0.326 e. The first-order valence-corrected chi connectivity index (χ1v) is 6.86. The van der Waals surface area contributed by atoms with Crippen LogP contribution in [0.3, 0.4) is 0 Å². The molecule has 1 N–H and O–H groups in total. The number of rotatable bonds is 3. The van der Waals surface area contributed by atoms with Gasteiger partial charge < -0.3 is 5.32 Å². The van der Waals surface area contributed by atoms with Gasteiger partial charge in [0, 0.05) is 18.2 Å². The molecular weight excluding hydrogens is 248 g/mol. The summed E-state index contributed by atoms with van der Waals surface area (Å²) >= 11 is 0. The number of halogens is 2. The minimum atomic E-state index is -0.933. The SMILES string of the molecule is O=C(C[C@@H]1C[C@H]2CC[C@@H]1C2)Nc1ccc(F)c(F)c1. The van der Waals surface area contributed by atoms with Gasteiger partial charge in [0.15, 0.2) is 11.6 Å². The van der Waals surface area contributed by atoms with Gasteiger partial charge in [0.1, 0.15) is 0 Å². The lowest BCUT2D eigenvalue weighted by Crippen LogP contribution is -2.20. The van der Waals surface area contributed by atoms with E-state index in [0.717, 1.165) is 24.5 Å². The first-order chi connectivity index (χ1) is 9.11. The van der Waals surface area contributed by atoms with E-state index in [1.807, 2.05) is 0 Å². The summed E-state index contributed by atoms with van der Waals surface area (Å²) in [7, 11) is 0. The van der Waals surface area contributed by atoms with Crippen LogP contribution in [0.15, 0.2) is 18.2 Å². The Bertz CT molecular complexity index is 503. The predicted octanol–water partition coefficient (Wildman–Crippen LogP) is 3.73. The van der Waals surface area contributed by atoms with Crippen molar-refractivity contribution in [3.63, 3.8) is 0 Å². The summed E-state index contributed by atoms with van der Waals surface area (Å²) in [5.41, 5.74) is 0.326. The van der Waals surface area contributed by atoms with Crippen molar-refractivity contribution in [3.8, 4) is 0 Å². The molecule has 0 spiro atoms. The summed E-state index contributed by atoms with van der Waals surface area (Å²) < 4.78 is 25.8. The van der Waals surface area contributed by atoms with Crippen molar-refractivity contribution in [2.45, 2.75) is 32.1 Å². The molecule has 2 aliphatic carbocycles. The summed E-state index contributed by atoms with van der Waals surface area (Å²) in [6.07, 6.45) is 5.47. The topological polar surface area (TPSA) is 29.1 Å². The highest BCUT2D eigenvalue weighted by Crippen LogP contribution is 2.49. The van der Waals surface area contributed by atoms with Gasteiger partial charge in [0.25, 0.3) is 0 Å². The fourth-order valence-corrected chi connectivity index (χ4v) is 3.65. The molecule has 0 unspecified atom stereocenters. The third-order valence-electron chi connectivity index (χ3n) is 4.54. The van der Waals surface area contributed by atoms with E-state index in [2.05, 4.69) is 5.32 Å².